The summed E-state index contributed by atoms with van der Waals surface area (Å²) >= 11 is 0. The van der Waals surface area contributed by atoms with Crippen molar-refractivity contribution >= 4 is 0 Å². The number of hydrogen-bond acceptors (Lipinski definition) is 2. The molecular formula is C15H30N2. The summed E-state index contributed by atoms with van der Waals surface area (Å²) in [4.78, 5) is 2.86. The lowest BCUT2D eigenvalue weighted by Gasteiger charge is -2.44. The van der Waals surface area contributed by atoms with Gasteiger partial charge in [0.1, 0.15) is 0 Å². The van der Waals surface area contributed by atoms with Gasteiger partial charge in [-0.1, -0.05) is 33.6 Å². The van der Waals surface area contributed by atoms with Crippen molar-refractivity contribution in [3.63, 3.8) is 0 Å². The fourth-order valence-electron chi connectivity index (χ4n) is 3.61. The molecule has 0 aromatic heterocycles. The molecule has 1 N–H and O–H groups in total. The minimum Gasteiger partial charge on any atom is -0.311 e. The van der Waals surface area contributed by atoms with E-state index in [9.17, 15) is 0 Å². The van der Waals surface area contributed by atoms with Gasteiger partial charge in [0.2, 0.25) is 0 Å². The van der Waals surface area contributed by atoms with Crippen LogP contribution < -0.4 is 5.32 Å². The predicted molar refractivity (Wildman–Crippen MR) is 74.3 cm³/mol. The van der Waals surface area contributed by atoms with Gasteiger partial charge >= 0.3 is 0 Å². The van der Waals surface area contributed by atoms with Crippen LogP contribution in [0.1, 0.15) is 59.3 Å². The van der Waals surface area contributed by atoms with Crippen molar-refractivity contribution in [1.82, 2.24) is 10.2 Å². The van der Waals surface area contributed by atoms with Crippen LogP contribution in [-0.2, 0) is 0 Å². The maximum Gasteiger partial charge on any atom is 0.0226 e. The van der Waals surface area contributed by atoms with Crippen molar-refractivity contribution in [2.75, 3.05) is 13.1 Å². The molecule has 1 saturated heterocycles. The molecule has 2 atom stereocenters. The van der Waals surface area contributed by atoms with Gasteiger partial charge in [-0.25, -0.2) is 0 Å². The van der Waals surface area contributed by atoms with Crippen molar-refractivity contribution in [1.29, 1.82) is 0 Å². The van der Waals surface area contributed by atoms with Crippen molar-refractivity contribution in [3.8, 4) is 0 Å². The Labute approximate surface area is 107 Å². The van der Waals surface area contributed by atoms with Crippen molar-refractivity contribution < 1.29 is 0 Å². The zero-order chi connectivity index (χ0) is 12.3. The van der Waals surface area contributed by atoms with Gasteiger partial charge in [0.25, 0.3) is 0 Å². The van der Waals surface area contributed by atoms with Gasteiger partial charge in [0.05, 0.1) is 0 Å². The summed E-state index contributed by atoms with van der Waals surface area (Å²) < 4.78 is 0. The molecule has 1 heterocycles. The maximum absolute atomic E-state index is 3.74. The molecule has 0 spiro atoms. The molecule has 2 unspecified atom stereocenters. The van der Waals surface area contributed by atoms with Crippen LogP contribution in [0.5, 0.6) is 0 Å². The van der Waals surface area contributed by atoms with E-state index in [0.717, 1.165) is 24.0 Å². The highest BCUT2D eigenvalue weighted by Gasteiger charge is 2.33. The first kappa shape index (κ1) is 13.4. The van der Waals surface area contributed by atoms with Crippen LogP contribution in [-0.4, -0.2) is 36.1 Å². The standard InChI is InChI=1S/C15H30N2/c1-4-13-11-17(14-7-5-6-8-14)15(10-16-13)9-12(2)3/h12-16H,4-11H2,1-3H3. The number of nitrogens with one attached hydrogen (secondary N) is 1. The molecule has 17 heavy (non-hydrogen) atoms. The summed E-state index contributed by atoms with van der Waals surface area (Å²) in [5.74, 6) is 0.823. The molecule has 0 aromatic carbocycles. The topological polar surface area (TPSA) is 15.3 Å². The Kier molecular flexibility index (Phi) is 4.87. The molecule has 0 amide bonds. The normalized spacial score (nSPS) is 32.5. The summed E-state index contributed by atoms with van der Waals surface area (Å²) in [5, 5.41) is 3.74. The number of piperazine rings is 1. The highest BCUT2D eigenvalue weighted by molar-refractivity contribution is 4.91. The van der Waals surface area contributed by atoms with Gasteiger partial charge in [-0.05, 0) is 31.6 Å². The van der Waals surface area contributed by atoms with E-state index in [4.69, 9.17) is 0 Å². The van der Waals surface area contributed by atoms with Crippen molar-refractivity contribution in [3.05, 3.63) is 0 Å². The molecular weight excluding hydrogens is 208 g/mol. The van der Waals surface area contributed by atoms with E-state index < -0.39 is 0 Å². The number of hydrogen-bond donors (Lipinski definition) is 1. The van der Waals surface area contributed by atoms with Crippen LogP contribution in [0.4, 0.5) is 0 Å². The zero-order valence-electron chi connectivity index (χ0n) is 11.9. The van der Waals surface area contributed by atoms with Crippen LogP contribution in [0.2, 0.25) is 0 Å². The maximum atomic E-state index is 3.74. The summed E-state index contributed by atoms with van der Waals surface area (Å²) in [6, 6.07) is 2.43. The lowest BCUT2D eigenvalue weighted by Crippen LogP contribution is -2.59. The fourth-order valence-corrected chi connectivity index (χ4v) is 3.61. The summed E-state index contributed by atoms with van der Waals surface area (Å²) in [6.07, 6.45) is 8.45. The summed E-state index contributed by atoms with van der Waals surface area (Å²) in [6.45, 7) is 9.54. The van der Waals surface area contributed by atoms with Crippen molar-refractivity contribution in [2.45, 2.75) is 77.4 Å². The van der Waals surface area contributed by atoms with E-state index in [0.29, 0.717) is 0 Å². The second kappa shape index (κ2) is 6.19. The molecule has 0 bridgehead atoms. The quantitative estimate of drug-likeness (QED) is 0.810. The molecule has 2 rings (SSSR count). The average Bonchev–Trinajstić information content (AvgIpc) is 2.82. The van der Waals surface area contributed by atoms with Crippen molar-refractivity contribution in [2.24, 2.45) is 5.92 Å². The monoisotopic (exact) mass is 238 g/mol. The molecule has 2 heteroatoms. The predicted octanol–water partition coefficient (Wildman–Crippen LogP) is 3.03. The lowest BCUT2D eigenvalue weighted by atomic mass is 9.96. The Morgan fingerprint density at radius 1 is 1.24 bits per heavy atom. The lowest BCUT2D eigenvalue weighted by molar-refractivity contribution is 0.0703. The van der Waals surface area contributed by atoms with E-state index >= 15 is 0 Å². The van der Waals surface area contributed by atoms with E-state index in [2.05, 4.69) is 31.0 Å². The van der Waals surface area contributed by atoms with Crippen LogP contribution >= 0.6 is 0 Å². The highest BCUT2D eigenvalue weighted by atomic mass is 15.3. The first-order valence-electron chi connectivity index (χ1n) is 7.69. The molecule has 1 saturated carbocycles. The molecule has 1 aliphatic carbocycles. The first-order chi connectivity index (χ1) is 8.20. The van der Waals surface area contributed by atoms with Gasteiger partial charge in [-0.15, -0.1) is 0 Å². The van der Waals surface area contributed by atoms with Crippen LogP contribution in [0, 0.1) is 5.92 Å². The van der Waals surface area contributed by atoms with Crippen LogP contribution in [0.15, 0.2) is 0 Å². The van der Waals surface area contributed by atoms with E-state index in [1.54, 1.807) is 0 Å². The molecule has 0 radical (unpaired) electrons. The largest absolute Gasteiger partial charge is 0.311 e. The Morgan fingerprint density at radius 3 is 2.53 bits per heavy atom. The van der Waals surface area contributed by atoms with E-state index in [1.165, 1.54) is 51.6 Å². The number of nitrogens with zero attached hydrogens (tertiary/aromatic N) is 1. The van der Waals surface area contributed by atoms with Gasteiger partial charge in [0, 0.05) is 31.2 Å². The Balaban J connectivity index is 1.97. The Bertz CT molecular complexity index is 221. The van der Waals surface area contributed by atoms with E-state index in [1.807, 2.05) is 0 Å². The molecule has 2 nitrogen and oxygen atoms in total. The smallest absolute Gasteiger partial charge is 0.0226 e. The zero-order valence-corrected chi connectivity index (χ0v) is 11.9. The van der Waals surface area contributed by atoms with Crippen LogP contribution in [0.3, 0.4) is 0 Å². The average molecular weight is 238 g/mol. The fraction of sp³-hybridized carbons (Fsp3) is 1.00. The van der Waals surface area contributed by atoms with E-state index in [-0.39, 0.29) is 0 Å². The summed E-state index contributed by atoms with van der Waals surface area (Å²) in [5.41, 5.74) is 0. The molecule has 100 valence electrons. The second-order valence-electron chi connectivity index (χ2n) is 6.43. The molecule has 0 aromatic rings. The van der Waals surface area contributed by atoms with Gasteiger partial charge in [-0.3, -0.25) is 4.90 Å². The second-order valence-corrected chi connectivity index (χ2v) is 6.43. The van der Waals surface area contributed by atoms with Gasteiger partial charge in [-0.2, -0.15) is 0 Å². The highest BCUT2D eigenvalue weighted by Crippen LogP contribution is 2.28. The minimum absolute atomic E-state index is 0.735. The van der Waals surface area contributed by atoms with Gasteiger partial charge in [0.15, 0.2) is 0 Å². The summed E-state index contributed by atoms with van der Waals surface area (Å²) in [7, 11) is 0. The Morgan fingerprint density at radius 2 is 1.94 bits per heavy atom. The van der Waals surface area contributed by atoms with Gasteiger partial charge < -0.3 is 5.32 Å². The molecule has 2 aliphatic rings. The third-order valence-electron chi connectivity index (χ3n) is 4.57. The SMILES string of the molecule is CCC1CN(C2CCCC2)C(CC(C)C)CN1. The Hall–Kier alpha value is -0.0800. The minimum atomic E-state index is 0.735. The van der Waals surface area contributed by atoms with Crippen LogP contribution in [0.25, 0.3) is 0 Å². The first-order valence-corrected chi connectivity index (χ1v) is 7.69. The number of rotatable bonds is 4. The molecule has 2 fully saturated rings. The molecule has 1 aliphatic heterocycles. The third-order valence-corrected chi connectivity index (χ3v) is 4.57. The third kappa shape index (κ3) is 3.45.